The van der Waals surface area contributed by atoms with Crippen molar-refractivity contribution in [3.63, 3.8) is 0 Å². The minimum atomic E-state index is -4.06. The summed E-state index contributed by atoms with van der Waals surface area (Å²) in [5.41, 5.74) is -0.696. The molecule has 1 aliphatic rings. The van der Waals surface area contributed by atoms with E-state index in [-0.39, 0.29) is 6.54 Å². The Morgan fingerprint density at radius 1 is 1.19 bits per heavy atom. The number of pyridine rings is 1. The van der Waals surface area contributed by atoms with Gasteiger partial charge in [-0.25, -0.2) is 22.9 Å². The second kappa shape index (κ2) is 7.04. The molecule has 1 saturated heterocycles. The number of rotatable bonds is 5. The summed E-state index contributed by atoms with van der Waals surface area (Å²) in [6, 6.07) is 3.56. The third-order valence-electron chi connectivity index (χ3n) is 4.41. The number of aryl methyl sites for hydroxylation is 1. The summed E-state index contributed by atoms with van der Waals surface area (Å²) in [7, 11) is -1.42. The molecule has 1 N–H and O–H groups in total. The maximum absolute atomic E-state index is 12.5. The molecule has 0 bridgehead atoms. The molecule has 0 aliphatic carbocycles. The topological polar surface area (TPSA) is 106 Å². The molecular weight excluding hydrogens is 358 g/mol. The lowest BCUT2D eigenvalue weighted by Crippen LogP contribution is -2.41. The molecule has 0 atom stereocenters. The van der Waals surface area contributed by atoms with Crippen LogP contribution in [0.4, 0.5) is 5.82 Å². The van der Waals surface area contributed by atoms with Crippen LogP contribution in [0.2, 0.25) is 0 Å². The van der Waals surface area contributed by atoms with Crippen LogP contribution in [0.15, 0.2) is 39.0 Å². The highest BCUT2D eigenvalue weighted by Crippen LogP contribution is 2.18. The van der Waals surface area contributed by atoms with Crippen LogP contribution in [0.25, 0.3) is 0 Å². The lowest BCUT2D eigenvalue weighted by molar-refractivity contribution is 0.570. The van der Waals surface area contributed by atoms with Crippen LogP contribution < -0.4 is 20.9 Å². The largest absolute Gasteiger partial charge is 0.357 e. The van der Waals surface area contributed by atoms with Gasteiger partial charge in [0, 0.05) is 46.1 Å². The fraction of sp³-hybridized carbons (Fsp3) is 0.438. The number of hydrogen-bond donors (Lipinski definition) is 1. The number of hydrogen-bond acceptors (Lipinski definition) is 6. The maximum Gasteiger partial charge on any atom is 0.330 e. The van der Waals surface area contributed by atoms with Crippen molar-refractivity contribution in [1.82, 2.24) is 18.8 Å². The fourth-order valence-electron chi connectivity index (χ4n) is 2.91. The first-order valence-electron chi connectivity index (χ1n) is 8.26. The molecule has 3 heterocycles. The highest BCUT2D eigenvalue weighted by molar-refractivity contribution is 7.89. The van der Waals surface area contributed by atoms with Crippen LogP contribution in [0, 0.1) is 0 Å². The normalized spacial score (nSPS) is 14.8. The smallest absolute Gasteiger partial charge is 0.330 e. The zero-order valence-electron chi connectivity index (χ0n) is 14.7. The van der Waals surface area contributed by atoms with Gasteiger partial charge in [0.05, 0.1) is 0 Å². The highest BCUT2D eigenvalue weighted by Gasteiger charge is 2.21. The average Bonchev–Trinajstić information content (AvgIpc) is 3.16. The number of nitrogens with one attached hydrogen (secondary N) is 1. The average molecular weight is 379 g/mol. The molecule has 26 heavy (non-hydrogen) atoms. The summed E-state index contributed by atoms with van der Waals surface area (Å²) in [6.07, 6.45) is 4.92. The van der Waals surface area contributed by atoms with Crippen LogP contribution in [-0.2, 0) is 30.7 Å². The number of nitrogens with zero attached hydrogens (tertiary/aromatic N) is 4. The lowest BCUT2D eigenvalue weighted by Gasteiger charge is -2.17. The van der Waals surface area contributed by atoms with Crippen LogP contribution in [0.5, 0.6) is 0 Å². The molecule has 3 rings (SSSR count). The quantitative estimate of drug-likeness (QED) is 0.755. The van der Waals surface area contributed by atoms with Gasteiger partial charge in [-0.1, -0.05) is 0 Å². The second-order valence-corrected chi connectivity index (χ2v) is 8.03. The second-order valence-electron chi connectivity index (χ2n) is 6.29. The van der Waals surface area contributed by atoms with E-state index in [2.05, 4.69) is 14.6 Å². The van der Waals surface area contributed by atoms with Gasteiger partial charge in [-0.3, -0.25) is 9.36 Å². The van der Waals surface area contributed by atoms with Crippen molar-refractivity contribution in [2.45, 2.75) is 24.3 Å². The van der Waals surface area contributed by atoms with E-state index in [1.54, 1.807) is 12.3 Å². The molecule has 2 aromatic rings. The molecule has 0 unspecified atom stereocenters. The van der Waals surface area contributed by atoms with E-state index in [9.17, 15) is 18.0 Å². The first-order valence-corrected chi connectivity index (χ1v) is 9.74. The van der Waals surface area contributed by atoms with Gasteiger partial charge in [0.25, 0.3) is 5.56 Å². The van der Waals surface area contributed by atoms with E-state index < -0.39 is 26.2 Å². The Morgan fingerprint density at radius 2 is 1.88 bits per heavy atom. The third kappa shape index (κ3) is 3.56. The standard InChI is InChI=1S/C16H21N5O4S/c1-19-11-13(15(22)20(2)16(19)23)26(24,25)18-10-12-5-6-17-14(9-12)21-7-3-4-8-21/h5-6,9,11,18H,3-4,7-8,10H2,1-2H3. The molecule has 0 saturated carbocycles. The van der Waals surface area contributed by atoms with Crippen LogP contribution >= 0.6 is 0 Å². The van der Waals surface area contributed by atoms with Crippen LogP contribution in [-0.4, -0.2) is 35.6 Å². The predicted molar refractivity (Wildman–Crippen MR) is 96.6 cm³/mol. The van der Waals surface area contributed by atoms with E-state index >= 15 is 0 Å². The van der Waals surface area contributed by atoms with Gasteiger partial charge in [0.2, 0.25) is 10.0 Å². The molecule has 10 heteroatoms. The van der Waals surface area contributed by atoms with E-state index in [1.165, 1.54) is 14.1 Å². The van der Waals surface area contributed by atoms with Crippen molar-refractivity contribution in [2.24, 2.45) is 14.1 Å². The molecule has 140 valence electrons. The molecule has 1 fully saturated rings. The van der Waals surface area contributed by atoms with Crippen molar-refractivity contribution in [3.05, 3.63) is 50.9 Å². The van der Waals surface area contributed by atoms with E-state index in [1.807, 2.05) is 6.07 Å². The maximum atomic E-state index is 12.5. The molecular formula is C16H21N5O4S. The van der Waals surface area contributed by atoms with E-state index in [0.29, 0.717) is 0 Å². The first kappa shape index (κ1) is 18.3. The number of anilines is 1. The van der Waals surface area contributed by atoms with Gasteiger partial charge < -0.3 is 9.47 Å². The fourth-order valence-corrected chi connectivity index (χ4v) is 4.08. The molecule has 9 nitrogen and oxygen atoms in total. The monoisotopic (exact) mass is 379 g/mol. The van der Waals surface area contributed by atoms with Gasteiger partial charge in [-0.05, 0) is 30.5 Å². The first-order chi connectivity index (χ1) is 12.3. The lowest BCUT2D eigenvalue weighted by atomic mass is 10.2. The zero-order valence-corrected chi connectivity index (χ0v) is 15.5. The Morgan fingerprint density at radius 3 is 2.58 bits per heavy atom. The van der Waals surface area contributed by atoms with Crippen LogP contribution in [0.3, 0.4) is 0 Å². The minimum Gasteiger partial charge on any atom is -0.357 e. The Labute approximate surface area is 151 Å². The minimum absolute atomic E-state index is 0.0255. The third-order valence-corrected chi connectivity index (χ3v) is 5.79. The van der Waals surface area contributed by atoms with E-state index in [0.717, 1.165) is 52.6 Å². The summed E-state index contributed by atoms with van der Waals surface area (Å²) in [4.78, 5) is 29.9. The summed E-state index contributed by atoms with van der Waals surface area (Å²) < 4.78 is 29.3. The molecule has 1 aliphatic heterocycles. The van der Waals surface area contributed by atoms with Crippen LogP contribution in [0.1, 0.15) is 18.4 Å². The summed E-state index contributed by atoms with van der Waals surface area (Å²) in [5.74, 6) is 0.817. The SMILES string of the molecule is Cn1cc(S(=O)(=O)NCc2ccnc(N3CCCC3)c2)c(=O)n(C)c1=O. The highest BCUT2D eigenvalue weighted by atomic mass is 32.2. The summed E-state index contributed by atoms with van der Waals surface area (Å²) >= 11 is 0. The van der Waals surface area contributed by atoms with Gasteiger partial charge in [-0.2, -0.15) is 0 Å². The molecule has 0 aromatic carbocycles. The zero-order chi connectivity index (χ0) is 18.9. The van der Waals surface area contributed by atoms with Gasteiger partial charge in [0.15, 0.2) is 4.90 Å². The number of sulfonamides is 1. The molecule has 0 amide bonds. The number of aromatic nitrogens is 3. The Balaban J connectivity index is 1.82. The Hall–Kier alpha value is -2.46. The van der Waals surface area contributed by atoms with Crippen molar-refractivity contribution < 1.29 is 8.42 Å². The predicted octanol–water partition coefficient (Wildman–Crippen LogP) is -0.442. The van der Waals surface area contributed by atoms with Crippen molar-refractivity contribution >= 4 is 15.8 Å². The summed E-state index contributed by atoms with van der Waals surface area (Å²) in [5, 5.41) is 0. The van der Waals surface area contributed by atoms with Crippen molar-refractivity contribution in [3.8, 4) is 0 Å². The summed E-state index contributed by atoms with van der Waals surface area (Å²) in [6.45, 7) is 1.91. The molecule has 0 spiro atoms. The van der Waals surface area contributed by atoms with Gasteiger partial charge >= 0.3 is 5.69 Å². The van der Waals surface area contributed by atoms with Gasteiger partial charge in [0.1, 0.15) is 5.82 Å². The van der Waals surface area contributed by atoms with Crippen molar-refractivity contribution in [2.75, 3.05) is 18.0 Å². The van der Waals surface area contributed by atoms with Gasteiger partial charge in [-0.15, -0.1) is 0 Å². The van der Waals surface area contributed by atoms with E-state index in [4.69, 9.17) is 0 Å². The molecule has 2 aromatic heterocycles. The van der Waals surface area contributed by atoms with Crippen molar-refractivity contribution in [1.29, 1.82) is 0 Å². The Kier molecular flexibility index (Phi) is 4.97. The molecule has 0 radical (unpaired) electrons. The Bertz CT molecular complexity index is 1040.